The van der Waals surface area contributed by atoms with E-state index < -0.39 is 0 Å². The van der Waals surface area contributed by atoms with Gasteiger partial charge in [-0.3, -0.25) is 9.59 Å². The van der Waals surface area contributed by atoms with Crippen LogP contribution in [0.25, 0.3) is 0 Å². The average Bonchev–Trinajstić information content (AvgIpc) is 2.87. The first-order valence-corrected chi connectivity index (χ1v) is 7.05. The zero-order valence-electron chi connectivity index (χ0n) is 11.6. The zero-order valence-corrected chi connectivity index (χ0v) is 11.6. The van der Waals surface area contributed by atoms with Crippen molar-refractivity contribution in [1.29, 1.82) is 0 Å². The third kappa shape index (κ3) is 4.32. The number of carbonyl (C=O) groups excluding carboxylic acids is 2. The Labute approximate surface area is 117 Å². The number of carbonyl (C=O) groups is 2. The van der Waals surface area contributed by atoms with Crippen LogP contribution in [-0.2, 0) is 22.4 Å². The van der Waals surface area contributed by atoms with Gasteiger partial charge >= 0.3 is 0 Å². The van der Waals surface area contributed by atoms with Crippen LogP contribution in [0.15, 0.2) is 4.52 Å². The van der Waals surface area contributed by atoms with Crippen LogP contribution in [-0.4, -0.2) is 34.5 Å². The van der Waals surface area contributed by atoms with Crippen molar-refractivity contribution in [3.8, 4) is 0 Å². The third-order valence-corrected chi connectivity index (χ3v) is 3.18. The lowest BCUT2D eigenvalue weighted by atomic mass is 10.1. The van der Waals surface area contributed by atoms with Gasteiger partial charge in [0.25, 0.3) is 0 Å². The van der Waals surface area contributed by atoms with E-state index in [-0.39, 0.29) is 17.9 Å². The normalized spacial score (nSPS) is 18.6. The molecule has 7 nitrogen and oxygen atoms in total. The molecule has 2 rings (SSSR count). The molecule has 2 heterocycles. The smallest absolute Gasteiger partial charge is 0.227 e. The van der Waals surface area contributed by atoms with Crippen LogP contribution in [0.4, 0.5) is 0 Å². The molecule has 1 aromatic rings. The Kier molecular flexibility index (Phi) is 5.09. The van der Waals surface area contributed by atoms with Crippen LogP contribution < -0.4 is 10.6 Å². The van der Waals surface area contributed by atoms with E-state index in [0.29, 0.717) is 43.9 Å². The number of rotatable bonds is 6. The molecule has 1 aliphatic heterocycles. The van der Waals surface area contributed by atoms with Crippen molar-refractivity contribution in [3.05, 3.63) is 11.7 Å². The van der Waals surface area contributed by atoms with Crippen molar-refractivity contribution in [2.45, 2.75) is 51.5 Å². The quantitative estimate of drug-likeness (QED) is 0.783. The van der Waals surface area contributed by atoms with Gasteiger partial charge in [-0.05, 0) is 12.8 Å². The molecule has 1 aliphatic rings. The van der Waals surface area contributed by atoms with Gasteiger partial charge in [-0.1, -0.05) is 12.1 Å². The van der Waals surface area contributed by atoms with E-state index in [1.54, 1.807) is 0 Å². The van der Waals surface area contributed by atoms with Crippen molar-refractivity contribution in [2.75, 3.05) is 6.54 Å². The summed E-state index contributed by atoms with van der Waals surface area (Å²) in [4.78, 5) is 27.0. The van der Waals surface area contributed by atoms with Crippen molar-refractivity contribution in [1.82, 2.24) is 20.8 Å². The van der Waals surface area contributed by atoms with Gasteiger partial charge in [-0.2, -0.15) is 4.98 Å². The summed E-state index contributed by atoms with van der Waals surface area (Å²) >= 11 is 0. The molecule has 1 saturated heterocycles. The molecule has 2 amide bonds. The fourth-order valence-electron chi connectivity index (χ4n) is 2.09. The lowest BCUT2D eigenvalue weighted by molar-refractivity contribution is -0.125. The first kappa shape index (κ1) is 14.5. The second-order valence-electron chi connectivity index (χ2n) is 4.96. The predicted molar refractivity (Wildman–Crippen MR) is 70.8 cm³/mol. The first-order chi connectivity index (χ1) is 9.67. The Morgan fingerprint density at radius 3 is 3.05 bits per heavy atom. The highest BCUT2D eigenvalue weighted by molar-refractivity contribution is 5.79. The van der Waals surface area contributed by atoms with Gasteiger partial charge in [-0.15, -0.1) is 0 Å². The first-order valence-electron chi connectivity index (χ1n) is 7.05. The number of aromatic nitrogens is 2. The maximum atomic E-state index is 11.8. The highest BCUT2D eigenvalue weighted by atomic mass is 16.5. The molecule has 2 N–H and O–H groups in total. The van der Waals surface area contributed by atoms with Crippen molar-refractivity contribution < 1.29 is 14.1 Å². The Morgan fingerprint density at radius 2 is 2.35 bits per heavy atom. The second kappa shape index (κ2) is 7.02. The largest absolute Gasteiger partial charge is 0.354 e. The van der Waals surface area contributed by atoms with Gasteiger partial charge in [0, 0.05) is 38.3 Å². The lowest BCUT2D eigenvalue weighted by Crippen LogP contribution is -2.47. The van der Waals surface area contributed by atoms with Gasteiger partial charge in [0.2, 0.25) is 17.7 Å². The van der Waals surface area contributed by atoms with E-state index >= 15 is 0 Å². The summed E-state index contributed by atoms with van der Waals surface area (Å²) in [6.07, 6.45) is 3.68. The molecular weight excluding hydrogens is 260 g/mol. The van der Waals surface area contributed by atoms with E-state index in [0.717, 1.165) is 12.8 Å². The Morgan fingerprint density at radius 1 is 1.50 bits per heavy atom. The van der Waals surface area contributed by atoms with Gasteiger partial charge < -0.3 is 15.2 Å². The Bertz CT molecular complexity index is 462. The minimum Gasteiger partial charge on any atom is -0.354 e. The summed E-state index contributed by atoms with van der Waals surface area (Å²) in [6, 6.07) is 0.0264. The topological polar surface area (TPSA) is 97.1 Å². The number of nitrogens with one attached hydrogen (secondary N) is 2. The summed E-state index contributed by atoms with van der Waals surface area (Å²) in [5.74, 6) is 1.18. The number of aryl methyl sites for hydroxylation is 2. The lowest BCUT2D eigenvalue weighted by Gasteiger charge is -2.23. The maximum absolute atomic E-state index is 11.8. The maximum Gasteiger partial charge on any atom is 0.227 e. The highest BCUT2D eigenvalue weighted by Crippen LogP contribution is 2.05. The Hall–Kier alpha value is -1.92. The van der Waals surface area contributed by atoms with Gasteiger partial charge in [0.1, 0.15) is 0 Å². The molecule has 1 atom stereocenters. The number of nitrogens with zero attached hydrogens (tertiary/aromatic N) is 2. The number of amides is 2. The minimum absolute atomic E-state index is 0.0264. The van der Waals surface area contributed by atoms with E-state index in [9.17, 15) is 9.59 Å². The number of hydrogen-bond donors (Lipinski definition) is 2. The van der Waals surface area contributed by atoms with E-state index in [2.05, 4.69) is 20.8 Å². The SMILES string of the molecule is CCCc1noc(CCC(=O)NC2CCC(=O)NC2)n1. The predicted octanol–water partition coefficient (Wildman–Crippen LogP) is 0.349. The zero-order chi connectivity index (χ0) is 14.4. The summed E-state index contributed by atoms with van der Waals surface area (Å²) in [5.41, 5.74) is 0. The van der Waals surface area contributed by atoms with Crippen molar-refractivity contribution in [3.63, 3.8) is 0 Å². The molecule has 1 unspecified atom stereocenters. The molecule has 0 saturated carbocycles. The molecule has 7 heteroatoms. The van der Waals surface area contributed by atoms with Crippen LogP contribution >= 0.6 is 0 Å². The van der Waals surface area contributed by atoms with Crippen molar-refractivity contribution >= 4 is 11.8 Å². The van der Waals surface area contributed by atoms with Crippen LogP contribution in [0.3, 0.4) is 0 Å². The van der Waals surface area contributed by atoms with Crippen LogP contribution in [0.1, 0.15) is 44.3 Å². The van der Waals surface area contributed by atoms with E-state index in [1.807, 2.05) is 6.92 Å². The van der Waals surface area contributed by atoms with Crippen LogP contribution in [0.2, 0.25) is 0 Å². The molecular formula is C13H20N4O3. The highest BCUT2D eigenvalue weighted by Gasteiger charge is 2.19. The standard InChI is InChI=1S/C13H20N4O3/c1-2-3-10-16-13(20-17-10)7-6-12(19)15-9-4-5-11(18)14-8-9/h9H,2-8H2,1H3,(H,14,18)(H,15,19). The van der Waals surface area contributed by atoms with E-state index in [4.69, 9.17) is 4.52 Å². The van der Waals surface area contributed by atoms with Gasteiger partial charge in [0.15, 0.2) is 5.82 Å². The third-order valence-electron chi connectivity index (χ3n) is 3.18. The van der Waals surface area contributed by atoms with Crippen LogP contribution in [0, 0.1) is 0 Å². The fourth-order valence-corrected chi connectivity index (χ4v) is 2.09. The average molecular weight is 280 g/mol. The Balaban J connectivity index is 1.70. The summed E-state index contributed by atoms with van der Waals surface area (Å²) in [7, 11) is 0. The van der Waals surface area contributed by atoms with Crippen molar-refractivity contribution in [2.24, 2.45) is 0 Å². The van der Waals surface area contributed by atoms with Crippen LogP contribution in [0.5, 0.6) is 0 Å². The summed E-state index contributed by atoms with van der Waals surface area (Å²) in [6.45, 7) is 2.55. The number of piperidine rings is 1. The fraction of sp³-hybridized carbons (Fsp3) is 0.692. The second-order valence-corrected chi connectivity index (χ2v) is 4.96. The summed E-state index contributed by atoms with van der Waals surface area (Å²) < 4.78 is 5.07. The molecule has 1 aromatic heterocycles. The van der Waals surface area contributed by atoms with Gasteiger partial charge in [0.05, 0.1) is 0 Å². The van der Waals surface area contributed by atoms with E-state index in [1.165, 1.54) is 0 Å². The molecule has 0 aromatic carbocycles. The minimum atomic E-state index is -0.0543. The van der Waals surface area contributed by atoms with Gasteiger partial charge in [-0.25, -0.2) is 0 Å². The molecule has 0 bridgehead atoms. The molecule has 0 aliphatic carbocycles. The molecule has 20 heavy (non-hydrogen) atoms. The number of hydrogen-bond acceptors (Lipinski definition) is 5. The summed E-state index contributed by atoms with van der Waals surface area (Å²) in [5, 5.41) is 9.47. The molecule has 0 radical (unpaired) electrons. The molecule has 1 fully saturated rings. The monoisotopic (exact) mass is 280 g/mol. The molecule has 110 valence electrons. The molecule has 0 spiro atoms.